The third kappa shape index (κ3) is 7.15. The molecule has 0 atom stereocenters. The van der Waals surface area contributed by atoms with Crippen molar-refractivity contribution in [1.29, 1.82) is 0 Å². The number of hydrogen-bond donors (Lipinski definition) is 0. The predicted octanol–water partition coefficient (Wildman–Crippen LogP) is 4.41. The highest BCUT2D eigenvalue weighted by molar-refractivity contribution is 6.23. The number of ketones is 1. The average Bonchev–Trinajstić information content (AvgIpc) is 2.86. The van der Waals surface area contributed by atoms with E-state index in [1.165, 1.54) is 7.11 Å². The van der Waals surface area contributed by atoms with E-state index >= 15 is 0 Å². The van der Waals surface area contributed by atoms with Gasteiger partial charge in [-0.3, -0.25) is 4.79 Å². The van der Waals surface area contributed by atoms with Gasteiger partial charge in [0.25, 0.3) is 0 Å². The van der Waals surface area contributed by atoms with Crippen LogP contribution in [-0.4, -0.2) is 76.7 Å². The molecule has 38 heavy (non-hydrogen) atoms. The number of likely N-dealkylation sites (tertiary alicyclic amines) is 1. The molecule has 1 fully saturated rings. The molecule has 206 valence electrons. The van der Waals surface area contributed by atoms with Gasteiger partial charge in [0.2, 0.25) is 0 Å². The molecule has 3 rings (SSSR count). The molecule has 0 bridgehead atoms. The van der Waals surface area contributed by atoms with Crippen LogP contribution in [0, 0.1) is 31.1 Å². The number of aryl methyl sites for hydroxylation is 2. The van der Waals surface area contributed by atoms with Crippen molar-refractivity contribution in [3.63, 3.8) is 0 Å². The van der Waals surface area contributed by atoms with Crippen LogP contribution in [0.1, 0.15) is 54.9 Å². The predicted molar refractivity (Wildman–Crippen MR) is 140 cm³/mol. The summed E-state index contributed by atoms with van der Waals surface area (Å²) in [5, 5.41) is 0. The van der Waals surface area contributed by atoms with Gasteiger partial charge in [-0.25, -0.2) is 9.59 Å². The van der Waals surface area contributed by atoms with Gasteiger partial charge >= 0.3 is 12.2 Å². The lowest BCUT2D eigenvalue weighted by Crippen LogP contribution is -2.46. The largest absolute Gasteiger partial charge is 0.513 e. The highest BCUT2D eigenvalue weighted by Crippen LogP contribution is 2.48. The summed E-state index contributed by atoms with van der Waals surface area (Å²) in [5.74, 6) is 6.18. The van der Waals surface area contributed by atoms with Gasteiger partial charge in [0.05, 0.1) is 18.8 Å². The molecule has 1 amide bonds. The Labute approximate surface area is 224 Å². The number of carbonyl (C=O) groups excluding carboxylic acids is 3. The monoisotopic (exact) mass is 527 g/mol. The standard InChI is InChI=1S/C29H37NO8/c1-6-7-22-16-20(2)25(21(3)17-22)26-23(31)18-29(19-24(26)38-28(33)37-15-13-35-5)8-10-30(11-9-29)27(32)36-14-12-34-4/h16-17H,8-15,18-19H2,1-5H3. The number of rotatable bonds is 8. The molecule has 1 aliphatic carbocycles. The Morgan fingerprint density at radius 3 is 2.13 bits per heavy atom. The molecule has 9 heteroatoms. The van der Waals surface area contributed by atoms with Crippen molar-refractivity contribution in [3.05, 3.63) is 40.1 Å². The molecule has 1 heterocycles. The van der Waals surface area contributed by atoms with Crippen molar-refractivity contribution >= 4 is 23.6 Å². The molecule has 1 aromatic carbocycles. The second kappa shape index (κ2) is 13.4. The lowest BCUT2D eigenvalue weighted by atomic mass is 9.66. The van der Waals surface area contributed by atoms with Crippen LogP contribution >= 0.6 is 0 Å². The summed E-state index contributed by atoms with van der Waals surface area (Å²) in [7, 11) is 3.06. The summed E-state index contributed by atoms with van der Waals surface area (Å²) in [6.45, 7) is 7.31. The fourth-order valence-corrected chi connectivity index (χ4v) is 5.18. The maximum atomic E-state index is 13.8. The quantitative estimate of drug-likeness (QED) is 0.278. The molecule has 1 aromatic rings. The van der Waals surface area contributed by atoms with Gasteiger partial charge in [-0.2, -0.15) is 0 Å². The van der Waals surface area contributed by atoms with E-state index in [4.69, 9.17) is 23.7 Å². The van der Waals surface area contributed by atoms with Gasteiger partial charge < -0.3 is 28.6 Å². The molecule has 1 saturated heterocycles. The molecule has 0 radical (unpaired) electrons. The summed E-state index contributed by atoms with van der Waals surface area (Å²) >= 11 is 0. The third-order valence-electron chi connectivity index (χ3n) is 6.99. The molecule has 1 aliphatic heterocycles. The number of ether oxygens (including phenoxy) is 5. The van der Waals surface area contributed by atoms with Crippen LogP contribution in [0.25, 0.3) is 5.57 Å². The fourth-order valence-electron chi connectivity index (χ4n) is 5.18. The van der Waals surface area contributed by atoms with Crippen LogP contribution in [0.15, 0.2) is 17.9 Å². The van der Waals surface area contributed by atoms with Gasteiger partial charge in [-0.05, 0) is 67.9 Å². The number of benzene rings is 1. The maximum Gasteiger partial charge on any atom is 0.513 e. The van der Waals surface area contributed by atoms with Gasteiger partial charge in [0, 0.05) is 45.7 Å². The van der Waals surface area contributed by atoms with Gasteiger partial charge in [0.15, 0.2) is 5.78 Å². The number of nitrogens with zero attached hydrogens (tertiary/aromatic N) is 1. The Bertz CT molecular complexity index is 1110. The Hall–Kier alpha value is -3.35. The van der Waals surface area contributed by atoms with Crippen LogP contribution in [0.2, 0.25) is 0 Å². The Kier molecular flexibility index (Phi) is 10.3. The second-order valence-corrected chi connectivity index (χ2v) is 9.72. The number of Topliss-reactive ketones (excluding diaryl/α,β-unsaturated/α-hetero) is 1. The van der Waals surface area contributed by atoms with Gasteiger partial charge in [-0.15, -0.1) is 5.92 Å². The van der Waals surface area contributed by atoms with Crippen LogP contribution < -0.4 is 0 Å². The highest BCUT2D eigenvalue weighted by Gasteiger charge is 2.45. The summed E-state index contributed by atoms with van der Waals surface area (Å²) in [5.41, 5.74) is 3.35. The van der Waals surface area contributed by atoms with Crippen molar-refractivity contribution in [2.75, 3.05) is 53.7 Å². The van der Waals surface area contributed by atoms with Crippen LogP contribution in [0.5, 0.6) is 0 Å². The summed E-state index contributed by atoms with van der Waals surface area (Å²) in [4.78, 5) is 40.4. The molecule has 0 saturated carbocycles. The van der Waals surface area contributed by atoms with E-state index < -0.39 is 17.7 Å². The van der Waals surface area contributed by atoms with Crippen LogP contribution in [0.4, 0.5) is 9.59 Å². The van der Waals surface area contributed by atoms with Crippen LogP contribution in [-0.2, 0) is 28.5 Å². The first-order valence-corrected chi connectivity index (χ1v) is 12.8. The number of allylic oxidation sites excluding steroid dienone is 2. The zero-order valence-corrected chi connectivity index (χ0v) is 22.9. The van der Waals surface area contributed by atoms with Crippen molar-refractivity contribution in [3.8, 4) is 11.8 Å². The Balaban J connectivity index is 1.90. The molecule has 9 nitrogen and oxygen atoms in total. The summed E-state index contributed by atoms with van der Waals surface area (Å²) < 4.78 is 26.0. The molecular formula is C29H37NO8. The van der Waals surface area contributed by atoms with E-state index in [2.05, 4.69) is 11.8 Å². The van der Waals surface area contributed by atoms with E-state index in [9.17, 15) is 14.4 Å². The zero-order chi connectivity index (χ0) is 27.7. The molecule has 0 aromatic heterocycles. The van der Waals surface area contributed by atoms with Gasteiger partial charge in [-0.1, -0.05) is 5.92 Å². The van der Waals surface area contributed by atoms with Crippen molar-refractivity contribution < 1.29 is 38.1 Å². The molecular weight excluding hydrogens is 490 g/mol. The smallest absolute Gasteiger partial charge is 0.447 e. The number of methoxy groups -OCH3 is 2. The SMILES string of the molecule is CC#Cc1cc(C)c(C2=C(OC(=O)OCCOC)CC3(CCN(C(=O)OCCOC)CC3)CC2=O)c(C)c1. The fraction of sp³-hybridized carbons (Fsp3) is 0.552. The molecule has 1 spiro atoms. The van der Waals surface area contributed by atoms with Crippen molar-refractivity contribution in [2.24, 2.45) is 5.41 Å². The number of carbonyl (C=O) groups is 3. The summed E-state index contributed by atoms with van der Waals surface area (Å²) in [6, 6.07) is 3.87. The maximum absolute atomic E-state index is 13.8. The average molecular weight is 528 g/mol. The van der Waals surface area contributed by atoms with Crippen LogP contribution in [0.3, 0.4) is 0 Å². The topological polar surface area (TPSA) is 101 Å². The highest BCUT2D eigenvalue weighted by atomic mass is 16.7. The lowest BCUT2D eigenvalue weighted by Gasteiger charge is -2.43. The normalized spacial score (nSPS) is 16.7. The summed E-state index contributed by atoms with van der Waals surface area (Å²) in [6.07, 6.45) is 0.586. The minimum Gasteiger partial charge on any atom is -0.447 e. The number of hydrogen-bond acceptors (Lipinski definition) is 8. The minimum absolute atomic E-state index is 0.0413. The number of amides is 1. The van der Waals surface area contributed by atoms with E-state index in [0.717, 1.165) is 22.3 Å². The minimum atomic E-state index is -0.873. The first-order valence-electron chi connectivity index (χ1n) is 12.8. The molecule has 0 unspecified atom stereocenters. The molecule has 0 N–H and O–H groups in total. The van der Waals surface area contributed by atoms with Crippen molar-refractivity contribution in [2.45, 2.75) is 46.5 Å². The van der Waals surface area contributed by atoms with E-state index in [-0.39, 0.29) is 25.6 Å². The second-order valence-electron chi connectivity index (χ2n) is 9.72. The zero-order valence-electron chi connectivity index (χ0n) is 22.9. The number of piperidine rings is 1. The Morgan fingerprint density at radius 1 is 0.947 bits per heavy atom. The van der Waals surface area contributed by atoms with Crippen molar-refractivity contribution in [1.82, 2.24) is 4.90 Å². The molecule has 2 aliphatic rings. The first-order chi connectivity index (χ1) is 18.2. The first kappa shape index (κ1) is 29.2. The van der Waals surface area contributed by atoms with E-state index in [1.54, 1.807) is 18.9 Å². The third-order valence-corrected chi connectivity index (χ3v) is 6.99. The van der Waals surface area contributed by atoms with E-state index in [1.807, 2.05) is 26.0 Å². The van der Waals surface area contributed by atoms with Gasteiger partial charge in [0.1, 0.15) is 19.0 Å². The van der Waals surface area contributed by atoms with E-state index in [0.29, 0.717) is 56.7 Å². The Morgan fingerprint density at radius 2 is 1.55 bits per heavy atom. The lowest BCUT2D eigenvalue weighted by molar-refractivity contribution is -0.117.